The third kappa shape index (κ3) is 2.83. The molecule has 18 heavy (non-hydrogen) atoms. The molecule has 0 amide bonds. The van der Waals surface area contributed by atoms with Crippen LogP contribution in [-0.2, 0) is 9.59 Å². The Hall–Kier alpha value is -1.96. The number of hydrogen-bond donors (Lipinski definition) is 0. The first-order valence-electron chi connectivity index (χ1n) is 6.28. The largest absolute Gasteiger partial charge is 0.290 e. The average molecular weight is 240 g/mol. The maximum Gasteiger partial charge on any atom is 0.181 e. The number of hydrogen-bond acceptors (Lipinski definition) is 2. The standard InChI is InChI=1S/C16H16O2/c1-2-3-4-14-11-13(7-10-16(14)18)12-5-8-15(17)9-6-12/h5-11H,2-4H2,1H3. The summed E-state index contributed by atoms with van der Waals surface area (Å²) in [5.41, 5.74) is 2.84. The van der Waals surface area contributed by atoms with Crippen LogP contribution in [0.4, 0.5) is 0 Å². The molecular weight excluding hydrogens is 224 g/mol. The van der Waals surface area contributed by atoms with E-state index in [0.717, 1.165) is 36.0 Å². The first-order chi connectivity index (χ1) is 8.70. The van der Waals surface area contributed by atoms with Gasteiger partial charge in [0.1, 0.15) is 0 Å². The van der Waals surface area contributed by atoms with Crippen molar-refractivity contribution in [3.8, 4) is 0 Å². The fourth-order valence-corrected chi connectivity index (χ4v) is 1.97. The minimum atomic E-state index is 0.00500. The molecule has 0 atom stereocenters. The lowest BCUT2D eigenvalue weighted by Crippen LogP contribution is -2.05. The van der Waals surface area contributed by atoms with Crippen LogP contribution in [-0.4, -0.2) is 11.6 Å². The molecule has 0 aliphatic heterocycles. The molecule has 0 aromatic heterocycles. The smallest absolute Gasteiger partial charge is 0.181 e. The zero-order chi connectivity index (χ0) is 13.0. The van der Waals surface area contributed by atoms with Gasteiger partial charge in [-0.3, -0.25) is 9.59 Å². The van der Waals surface area contributed by atoms with Crippen LogP contribution in [0.5, 0.6) is 0 Å². The second kappa shape index (κ2) is 5.58. The Morgan fingerprint density at radius 3 is 2.22 bits per heavy atom. The molecule has 0 bridgehead atoms. The van der Waals surface area contributed by atoms with E-state index in [0.29, 0.717) is 0 Å². The van der Waals surface area contributed by atoms with E-state index >= 15 is 0 Å². The highest BCUT2D eigenvalue weighted by Crippen LogP contribution is 2.22. The number of rotatable bonds is 3. The summed E-state index contributed by atoms with van der Waals surface area (Å²) in [6, 6.07) is 0. The second-order valence-corrected chi connectivity index (χ2v) is 4.45. The molecule has 0 radical (unpaired) electrons. The van der Waals surface area contributed by atoms with Gasteiger partial charge in [0, 0.05) is 5.57 Å². The Morgan fingerprint density at radius 2 is 1.56 bits per heavy atom. The van der Waals surface area contributed by atoms with Crippen LogP contribution in [0.1, 0.15) is 26.2 Å². The Balaban J connectivity index is 2.27. The fraction of sp³-hybridized carbons (Fsp3) is 0.250. The molecule has 2 rings (SSSR count). The van der Waals surface area contributed by atoms with Gasteiger partial charge in [0.2, 0.25) is 0 Å². The van der Waals surface area contributed by atoms with E-state index in [1.54, 1.807) is 30.4 Å². The quantitative estimate of drug-likeness (QED) is 0.759. The van der Waals surface area contributed by atoms with Gasteiger partial charge in [-0.2, -0.15) is 0 Å². The van der Waals surface area contributed by atoms with Gasteiger partial charge in [-0.15, -0.1) is 0 Å². The Morgan fingerprint density at radius 1 is 0.889 bits per heavy atom. The molecule has 0 N–H and O–H groups in total. The van der Waals surface area contributed by atoms with E-state index in [9.17, 15) is 9.59 Å². The minimum absolute atomic E-state index is 0.00500. The summed E-state index contributed by atoms with van der Waals surface area (Å²) in [6.45, 7) is 2.11. The van der Waals surface area contributed by atoms with Gasteiger partial charge < -0.3 is 0 Å². The first kappa shape index (κ1) is 12.5. The molecule has 2 heteroatoms. The van der Waals surface area contributed by atoms with E-state index in [-0.39, 0.29) is 11.6 Å². The summed E-state index contributed by atoms with van der Waals surface area (Å²) in [6.07, 6.45) is 15.0. The summed E-state index contributed by atoms with van der Waals surface area (Å²) in [5, 5.41) is 0. The van der Waals surface area contributed by atoms with Crippen LogP contribution < -0.4 is 0 Å². The number of carbonyl (C=O) groups is 2. The lowest BCUT2D eigenvalue weighted by molar-refractivity contribution is -0.112. The van der Waals surface area contributed by atoms with E-state index in [1.807, 2.05) is 12.2 Å². The molecule has 0 aromatic rings. The van der Waals surface area contributed by atoms with Crippen LogP contribution >= 0.6 is 0 Å². The van der Waals surface area contributed by atoms with E-state index in [2.05, 4.69) is 6.92 Å². The minimum Gasteiger partial charge on any atom is -0.290 e. The maximum absolute atomic E-state index is 11.7. The van der Waals surface area contributed by atoms with Gasteiger partial charge >= 0.3 is 0 Å². The summed E-state index contributed by atoms with van der Waals surface area (Å²) in [4.78, 5) is 22.8. The predicted molar refractivity (Wildman–Crippen MR) is 72.1 cm³/mol. The number of carbonyl (C=O) groups excluding carboxylic acids is 2. The number of allylic oxidation sites excluding steroid dienone is 10. The maximum atomic E-state index is 11.7. The van der Waals surface area contributed by atoms with E-state index < -0.39 is 0 Å². The SMILES string of the molecule is CCCCC1=CC(=C2C=CC(=O)C=C2)C=CC1=O. The fourth-order valence-electron chi connectivity index (χ4n) is 1.97. The van der Waals surface area contributed by atoms with Gasteiger partial charge in [0.25, 0.3) is 0 Å². The molecule has 2 aliphatic carbocycles. The highest BCUT2D eigenvalue weighted by atomic mass is 16.1. The lowest BCUT2D eigenvalue weighted by atomic mass is 9.92. The van der Waals surface area contributed by atoms with E-state index in [1.165, 1.54) is 0 Å². The summed E-state index contributed by atoms with van der Waals surface area (Å²) in [5.74, 6) is 0.109. The van der Waals surface area contributed by atoms with Crippen molar-refractivity contribution in [2.75, 3.05) is 0 Å². The monoisotopic (exact) mass is 240 g/mol. The highest BCUT2D eigenvalue weighted by molar-refractivity contribution is 6.06. The van der Waals surface area contributed by atoms with Gasteiger partial charge in [-0.05, 0) is 48.3 Å². The lowest BCUT2D eigenvalue weighted by Gasteiger charge is -2.11. The zero-order valence-corrected chi connectivity index (χ0v) is 10.5. The molecule has 0 saturated carbocycles. The van der Waals surface area contributed by atoms with E-state index in [4.69, 9.17) is 0 Å². The molecule has 0 unspecified atom stereocenters. The Labute approximate surface area is 107 Å². The molecule has 0 heterocycles. The van der Waals surface area contributed by atoms with Crippen molar-refractivity contribution in [1.29, 1.82) is 0 Å². The summed E-state index contributed by atoms with van der Waals surface area (Å²) < 4.78 is 0. The van der Waals surface area contributed by atoms with Crippen molar-refractivity contribution in [3.63, 3.8) is 0 Å². The molecule has 0 aromatic carbocycles. The van der Waals surface area contributed by atoms with Crippen LogP contribution in [0, 0.1) is 0 Å². The zero-order valence-electron chi connectivity index (χ0n) is 10.5. The second-order valence-electron chi connectivity index (χ2n) is 4.45. The normalized spacial score (nSPS) is 18.6. The first-order valence-corrected chi connectivity index (χ1v) is 6.28. The van der Waals surface area contributed by atoms with Crippen LogP contribution in [0.3, 0.4) is 0 Å². The summed E-state index contributed by atoms with van der Waals surface area (Å²) >= 11 is 0. The van der Waals surface area contributed by atoms with Crippen LogP contribution in [0.25, 0.3) is 0 Å². The van der Waals surface area contributed by atoms with Crippen LogP contribution in [0.15, 0.2) is 59.3 Å². The van der Waals surface area contributed by atoms with Gasteiger partial charge in [0.05, 0.1) is 0 Å². The molecule has 0 spiro atoms. The highest BCUT2D eigenvalue weighted by Gasteiger charge is 2.12. The number of ketones is 2. The average Bonchev–Trinajstić information content (AvgIpc) is 2.39. The van der Waals surface area contributed by atoms with Crippen molar-refractivity contribution < 1.29 is 9.59 Å². The molecule has 0 fully saturated rings. The van der Waals surface area contributed by atoms with Crippen LogP contribution in [0.2, 0.25) is 0 Å². The third-order valence-corrected chi connectivity index (χ3v) is 3.05. The van der Waals surface area contributed by atoms with Gasteiger partial charge in [0.15, 0.2) is 11.6 Å². The van der Waals surface area contributed by atoms with Crippen molar-refractivity contribution in [3.05, 3.63) is 59.3 Å². The molecule has 2 nitrogen and oxygen atoms in total. The van der Waals surface area contributed by atoms with Gasteiger partial charge in [-0.25, -0.2) is 0 Å². The molecular formula is C16H16O2. The van der Waals surface area contributed by atoms with Crippen molar-refractivity contribution in [1.82, 2.24) is 0 Å². The molecule has 2 aliphatic rings. The number of unbranched alkanes of at least 4 members (excludes halogenated alkanes) is 1. The predicted octanol–water partition coefficient (Wildman–Crippen LogP) is 3.23. The topological polar surface area (TPSA) is 34.1 Å². The van der Waals surface area contributed by atoms with Gasteiger partial charge in [-0.1, -0.05) is 31.6 Å². The molecule has 92 valence electrons. The summed E-state index contributed by atoms with van der Waals surface area (Å²) in [7, 11) is 0. The molecule has 0 saturated heterocycles. The van der Waals surface area contributed by atoms with Crippen molar-refractivity contribution in [2.24, 2.45) is 0 Å². The van der Waals surface area contributed by atoms with Crippen molar-refractivity contribution >= 4 is 11.6 Å². The Bertz CT molecular complexity index is 507. The van der Waals surface area contributed by atoms with Crippen molar-refractivity contribution in [2.45, 2.75) is 26.2 Å². The Kier molecular flexibility index (Phi) is 3.88. The third-order valence-electron chi connectivity index (χ3n) is 3.05.